The van der Waals surface area contributed by atoms with E-state index in [0.29, 0.717) is 18.4 Å². The van der Waals surface area contributed by atoms with E-state index in [9.17, 15) is 4.79 Å². The highest BCUT2D eigenvalue weighted by atomic mass is 32.1. The maximum Gasteiger partial charge on any atom is 0.228 e. The summed E-state index contributed by atoms with van der Waals surface area (Å²) < 4.78 is 0. The second kappa shape index (κ2) is 6.80. The van der Waals surface area contributed by atoms with Crippen LogP contribution in [0, 0.1) is 11.3 Å². The van der Waals surface area contributed by atoms with Crippen molar-refractivity contribution in [2.45, 2.75) is 12.3 Å². The Morgan fingerprint density at radius 2 is 1.89 bits per heavy atom. The maximum atomic E-state index is 12.5. The summed E-state index contributed by atoms with van der Waals surface area (Å²) in [7, 11) is 0. The number of nitrogens with one attached hydrogen (secondary N) is 3. The Bertz CT molecular complexity index is 1030. The quantitative estimate of drug-likeness (QED) is 0.607. The van der Waals surface area contributed by atoms with E-state index in [1.807, 2.05) is 58.8 Å². The lowest BCUT2D eigenvalue weighted by Gasteiger charge is -2.30. The van der Waals surface area contributed by atoms with Gasteiger partial charge in [0.05, 0.1) is 12.2 Å². The monoisotopic (exact) mass is 388 g/mol. The molecule has 5 rings (SSSR count). The van der Waals surface area contributed by atoms with Crippen molar-refractivity contribution in [2.24, 2.45) is 5.92 Å². The van der Waals surface area contributed by atoms with Gasteiger partial charge in [-0.15, -0.1) is 11.3 Å². The summed E-state index contributed by atoms with van der Waals surface area (Å²) in [5.74, 6) is 0.964. The molecule has 1 aliphatic carbocycles. The number of nitrogens with zero attached hydrogens (tertiary/aromatic N) is 1. The van der Waals surface area contributed by atoms with Crippen molar-refractivity contribution >= 4 is 39.5 Å². The first kappa shape index (κ1) is 17.0. The largest absolute Gasteiger partial charge is 0.359 e. The molecule has 140 valence electrons. The van der Waals surface area contributed by atoms with E-state index in [1.165, 1.54) is 5.56 Å². The lowest BCUT2D eigenvalue weighted by molar-refractivity contribution is -0.117. The molecular weight excluding hydrogens is 368 g/mol. The number of carbonyl (C=O) groups is 1. The van der Waals surface area contributed by atoms with Gasteiger partial charge < -0.3 is 15.5 Å². The van der Waals surface area contributed by atoms with E-state index in [0.717, 1.165) is 28.4 Å². The van der Waals surface area contributed by atoms with Crippen LogP contribution in [0.4, 0.5) is 16.4 Å². The number of amides is 1. The number of fused-ring (bicyclic) bond motifs is 1. The molecule has 0 spiro atoms. The van der Waals surface area contributed by atoms with Gasteiger partial charge in [-0.25, -0.2) is 0 Å². The second-order valence-corrected chi connectivity index (χ2v) is 8.09. The predicted molar refractivity (Wildman–Crippen MR) is 114 cm³/mol. The number of rotatable bonds is 4. The SMILES string of the molecule is N=C1c2ccsc2NCN1c1ccc(NC(=O)[C@H]2C[C@@H]2c2ccccc2)cc1. The molecule has 5 nitrogen and oxygen atoms in total. The van der Waals surface area contributed by atoms with E-state index < -0.39 is 0 Å². The predicted octanol–water partition coefficient (Wildman–Crippen LogP) is 4.71. The van der Waals surface area contributed by atoms with Gasteiger partial charge in [0.25, 0.3) is 0 Å². The minimum absolute atomic E-state index is 0.0542. The topological polar surface area (TPSA) is 68.2 Å². The molecule has 1 aromatic heterocycles. The fraction of sp³-hybridized carbons (Fsp3) is 0.182. The van der Waals surface area contributed by atoms with E-state index in [2.05, 4.69) is 22.8 Å². The van der Waals surface area contributed by atoms with Gasteiger partial charge in [0.1, 0.15) is 10.8 Å². The Balaban J connectivity index is 1.24. The fourth-order valence-corrected chi connectivity index (χ4v) is 4.52. The van der Waals surface area contributed by atoms with Crippen molar-refractivity contribution in [3.63, 3.8) is 0 Å². The lowest BCUT2D eigenvalue weighted by Crippen LogP contribution is -2.39. The Morgan fingerprint density at radius 3 is 2.68 bits per heavy atom. The van der Waals surface area contributed by atoms with E-state index >= 15 is 0 Å². The van der Waals surface area contributed by atoms with Gasteiger partial charge in [0.2, 0.25) is 5.91 Å². The zero-order valence-electron chi connectivity index (χ0n) is 15.2. The molecule has 2 aromatic carbocycles. The van der Waals surface area contributed by atoms with Gasteiger partial charge in [0, 0.05) is 17.3 Å². The van der Waals surface area contributed by atoms with Crippen LogP contribution in [0.2, 0.25) is 0 Å². The van der Waals surface area contributed by atoms with Crippen LogP contribution in [-0.4, -0.2) is 18.4 Å². The molecule has 1 aliphatic heterocycles. The van der Waals surface area contributed by atoms with Crippen molar-refractivity contribution in [1.82, 2.24) is 0 Å². The number of thiophene rings is 1. The highest BCUT2D eigenvalue weighted by Crippen LogP contribution is 2.47. The van der Waals surface area contributed by atoms with Crippen LogP contribution in [0.5, 0.6) is 0 Å². The van der Waals surface area contributed by atoms with Crippen LogP contribution in [-0.2, 0) is 4.79 Å². The zero-order valence-corrected chi connectivity index (χ0v) is 16.0. The third kappa shape index (κ3) is 3.05. The third-order valence-corrected chi connectivity index (χ3v) is 6.26. The summed E-state index contributed by atoms with van der Waals surface area (Å²) in [6.07, 6.45) is 0.910. The number of carbonyl (C=O) groups excluding carboxylic acids is 1. The minimum atomic E-state index is 0.0542. The summed E-state index contributed by atoms with van der Waals surface area (Å²) >= 11 is 1.62. The fourth-order valence-electron chi connectivity index (χ4n) is 3.74. The Morgan fingerprint density at radius 1 is 1.11 bits per heavy atom. The molecule has 2 aliphatic rings. The number of anilines is 3. The average molecular weight is 388 g/mol. The van der Waals surface area contributed by atoms with Crippen molar-refractivity contribution < 1.29 is 4.79 Å². The van der Waals surface area contributed by atoms with Gasteiger partial charge in [-0.1, -0.05) is 30.3 Å². The summed E-state index contributed by atoms with van der Waals surface area (Å²) in [6.45, 7) is 0.568. The van der Waals surface area contributed by atoms with Crippen molar-refractivity contribution in [1.29, 1.82) is 5.41 Å². The number of hydrogen-bond donors (Lipinski definition) is 3. The molecular formula is C22H20N4OS. The van der Waals surface area contributed by atoms with Gasteiger partial charge in [0.15, 0.2) is 0 Å². The highest BCUT2D eigenvalue weighted by Gasteiger charge is 2.43. The van der Waals surface area contributed by atoms with Crippen molar-refractivity contribution in [3.05, 3.63) is 77.2 Å². The van der Waals surface area contributed by atoms with Gasteiger partial charge in [-0.3, -0.25) is 10.2 Å². The van der Waals surface area contributed by atoms with Crippen LogP contribution in [0.1, 0.15) is 23.5 Å². The molecule has 3 N–H and O–H groups in total. The Hall–Kier alpha value is -3.12. The molecule has 1 fully saturated rings. The standard InChI is InChI=1S/C22H20N4OS/c23-20-17-10-11-28-22(17)24-13-26(20)16-8-6-15(7-9-16)25-21(27)19-12-18(19)14-4-2-1-3-5-14/h1-11,18-19,23-24H,12-13H2,(H,25,27)/t18-,19+/m1/s1. The van der Waals surface area contributed by atoms with Crippen LogP contribution in [0.25, 0.3) is 0 Å². The summed E-state index contributed by atoms with van der Waals surface area (Å²) in [6, 6.07) is 19.9. The molecule has 28 heavy (non-hydrogen) atoms. The first-order valence-electron chi connectivity index (χ1n) is 9.34. The molecule has 1 amide bonds. The maximum absolute atomic E-state index is 12.5. The molecule has 6 heteroatoms. The average Bonchev–Trinajstić information content (AvgIpc) is 3.39. The zero-order chi connectivity index (χ0) is 19.1. The van der Waals surface area contributed by atoms with E-state index in [4.69, 9.17) is 5.41 Å². The summed E-state index contributed by atoms with van der Waals surface area (Å²) in [5.41, 5.74) is 3.89. The second-order valence-electron chi connectivity index (χ2n) is 7.17. The minimum Gasteiger partial charge on any atom is -0.359 e. The molecule has 3 aromatic rings. The Labute approximate surface area is 167 Å². The molecule has 2 atom stereocenters. The number of amidine groups is 1. The smallest absolute Gasteiger partial charge is 0.228 e. The van der Waals surface area contributed by atoms with E-state index in [1.54, 1.807) is 11.3 Å². The summed E-state index contributed by atoms with van der Waals surface area (Å²) in [4.78, 5) is 14.5. The first-order chi connectivity index (χ1) is 13.7. The third-order valence-electron chi connectivity index (χ3n) is 5.39. The highest BCUT2D eigenvalue weighted by molar-refractivity contribution is 7.14. The molecule has 0 unspecified atom stereocenters. The normalized spacial score (nSPS) is 20.3. The molecule has 0 bridgehead atoms. The molecule has 0 saturated heterocycles. The van der Waals surface area contributed by atoms with Crippen LogP contribution in [0.3, 0.4) is 0 Å². The Kier molecular flexibility index (Phi) is 4.13. The first-order valence-corrected chi connectivity index (χ1v) is 10.2. The van der Waals surface area contributed by atoms with Crippen LogP contribution >= 0.6 is 11.3 Å². The van der Waals surface area contributed by atoms with Gasteiger partial charge >= 0.3 is 0 Å². The molecule has 1 saturated carbocycles. The lowest BCUT2D eigenvalue weighted by atomic mass is 10.1. The van der Waals surface area contributed by atoms with Gasteiger partial charge in [-0.05, 0) is 53.6 Å². The van der Waals surface area contributed by atoms with Crippen molar-refractivity contribution in [3.8, 4) is 0 Å². The van der Waals surface area contributed by atoms with Crippen molar-refractivity contribution in [2.75, 3.05) is 22.2 Å². The molecule has 2 heterocycles. The van der Waals surface area contributed by atoms with Gasteiger partial charge in [-0.2, -0.15) is 0 Å². The number of benzene rings is 2. The van der Waals surface area contributed by atoms with E-state index in [-0.39, 0.29) is 11.8 Å². The van der Waals surface area contributed by atoms with Crippen LogP contribution < -0.4 is 15.5 Å². The van der Waals surface area contributed by atoms with Crippen LogP contribution in [0.15, 0.2) is 66.0 Å². The molecule has 0 radical (unpaired) electrons. The summed E-state index contributed by atoms with van der Waals surface area (Å²) in [5, 5.41) is 17.9. The number of hydrogen-bond acceptors (Lipinski definition) is 4.